The summed E-state index contributed by atoms with van der Waals surface area (Å²) in [6.45, 7) is 0. The molecule has 1 spiro atoms. The molecule has 0 radical (unpaired) electrons. The Bertz CT molecular complexity index is 445. The predicted octanol–water partition coefficient (Wildman–Crippen LogP) is 3.48. The molecule has 3 nitrogen and oxygen atoms in total. The van der Waals surface area contributed by atoms with Gasteiger partial charge in [-0.15, -0.1) is 0 Å². The van der Waals surface area contributed by atoms with Gasteiger partial charge in [0.15, 0.2) is 0 Å². The summed E-state index contributed by atoms with van der Waals surface area (Å²) in [7, 11) is -5.51. The lowest BCUT2D eigenvalue weighted by atomic mass is 9.77. The van der Waals surface area contributed by atoms with Crippen LogP contribution in [0.1, 0.15) is 44.9 Å². The Morgan fingerprint density at radius 1 is 1.11 bits per heavy atom. The molecule has 18 heavy (non-hydrogen) atoms. The van der Waals surface area contributed by atoms with E-state index in [9.17, 15) is 21.6 Å². The van der Waals surface area contributed by atoms with Gasteiger partial charge in [0.1, 0.15) is 5.76 Å². The van der Waals surface area contributed by atoms with Crippen LogP contribution < -0.4 is 0 Å². The molecule has 0 saturated heterocycles. The zero-order valence-corrected chi connectivity index (χ0v) is 10.6. The predicted molar refractivity (Wildman–Crippen MR) is 58.9 cm³/mol. The molecule has 0 unspecified atom stereocenters. The summed E-state index contributed by atoms with van der Waals surface area (Å²) in [6, 6.07) is 0. The van der Waals surface area contributed by atoms with Gasteiger partial charge < -0.3 is 4.18 Å². The van der Waals surface area contributed by atoms with E-state index in [0.717, 1.165) is 32.1 Å². The number of hydrogen-bond donors (Lipinski definition) is 0. The molecule has 0 atom stereocenters. The van der Waals surface area contributed by atoms with E-state index in [0.29, 0.717) is 6.42 Å². The summed E-state index contributed by atoms with van der Waals surface area (Å²) >= 11 is 0. The zero-order valence-electron chi connectivity index (χ0n) is 9.79. The molecule has 2 aliphatic rings. The van der Waals surface area contributed by atoms with E-state index in [2.05, 4.69) is 4.18 Å². The lowest BCUT2D eigenvalue weighted by molar-refractivity contribution is -0.0525. The molecular formula is C11H15F3O3S. The molecule has 7 heteroatoms. The summed E-state index contributed by atoms with van der Waals surface area (Å²) in [5.74, 6) is -0.0412. The first kappa shape index (κ1) is 13.7. The summed E-state index contributed by atoms with van der Waals surface area (Å²) in [5.41, 5.74) is -5.48. The molecule has 0 aromatic rings. The molecule has 2 aliphatic carbocycles. The smallest absolute Gasteiger partial charge is 0.381 e. The van der Waals surface area contributed by atoms with Gasteiger partial charge in [0.2, 0.25) is 0 Å². The minimum absolute atomic E-state index is 0.0412. The number of allylic oxidation sites excluding steroid dienone is 2. The van der Waals surface area contributed by atoms with E-state index < -0.39 is 15.6 Å². The van der Waals surface area contributed by atoms with Crippen molar-refractivity contribution in [3.05, 3.63) is 11.8 Å². The molecule has 0 aromatic heterocycles. The van der Waals surface area contributed by atoms with E-state index in [1.54, 1.807) is 6.08 Å². The molecule has 0 amide bonds. The lowest BCUT2D eigenvalue weighted by Crippen LogP contribution is -2.27. The van der Waals surface area contributed by atoms with Crippen molar-refractivity contribution in [2.24, 2.45) is 5.41 Å². The van der Waals surface area contributed by atoms with Crippen LogP contribution in [0.3, 0.4) is 0 Å². The van der Waals surface area contributed by atoms with Crippen molar-refractivity contribution in [1.82, 2.24) is 0 Å². The Balaban J connectivity index is 2.17. The summed E-state index contributed by atoms with van der Waals surface area (Å²) in [6.07, 6.45) is 7.36. The normalized spacial score (nSPS) is 24.1. The van der Waals surface area contributed by atoms with E-state index >= 15 is 0 Å². The highest BCUT2D eigenvalue weighted by Gasteiger charge is 2.49. The summed E-state index contributed by atoms with van der Waals surface area (Å²) < 4.78 is 62.8. The Hall–Kier alpha value is -0.720. The second kappa shape index (κ2) is 4.43. The van der Waals surface area contributed by atoms with Crippen LogP contribution in [0.5, 0.6) is 0 Å². The first-order valence-electron chi connectivity index (χ1n) is 5.97. The van der Waals surface area contributed by atoms with Crippen LogP contribution in [0.25, 0.3) is 0 Å². The van der Waals surface area contributed by atoms with Gasteiger partial charge in [-0.2, -0.15) is 21.6 Å². The van der Waals surface area contributed by atoms with Crippen molar-refractivity contribution < 1.29 is 25.8 Å². The van der Waals surface area contributed by atoms with Gasteiger partial charge in [-0.3, -0.25) is 0 Å². The molecule has 0 aliphatic heterocycles. The Labute approximate surface area is 104 Å². The minimum Gasteiger partial charge on any atom is -0.381 e. The fourth-order valence-corrected chi connectivity index (χ4v) is 3.34. The summed E-state index contributed by atoms with van der Waals surface area (Å²) in [4.78, 5) is 0. The van der Waals surface area contributed by atoms with Crippen LogP contribution in [0.4, 0.5) is 13.2 Å². The highest BCUT2D eigenvalue weighted by molar-refractivity contribution is 7.87. The SMILES string of the molecule is O=S(=O)(OC1=CC2(CCCC2)CCC1)C(F)(F)F. The molecule has 104 valence electrons. The van der Waals surface area contributed by atoms with Crippen LogP contribution in [0, 0.1) is 5.41 Å². The summed E-state index contributed by atoms with van der Waals surface area (Å²) in [5, 5.41) is 0. The first-order chi connectivity index (χ1) is 8.24. The van der Waals surface area contributed by atoms with E-state index in [1.807, 2.05) is 0 Å². The maximum absolute atomic E-state index is 12.2. The molecular weight excluding hydrogens is 269 g/mol. The van der Waals surface area contributed by atoms with Crippen molar-refractivity contribution in [3.63, 3.8) is 0 Å². The van der Waals surface area contributed by atoms with E-state index in [-0.39, 0.29) is 17.6 Å². The maximum atomic E-state index is 12.2. The largest absolute Gasteiger partial charge is 0.534 e. The first-order valence-corrected chi connectivity index (χ1v) is 7.38. The highest BCUT2D eigenvalue weighted by Crippen LogP contribution is 2.47. The Kier molecular flexibility index (Phi) is 3.38. The standard InChI is InChI=1S/C11H15F3O3S/c12-11(13,14)18(15,16)17-9-4-3-7-10(8-9)5-1-2-6-10/h8H,1-7H2. The third-order valence-electron chi connectivity index (χ3n) is 3.66. The maximum Gasteiger partial charge on any atom is 0.534 e. The van der Waals surface area contributed by atoms with Crippen LogP contribution in [0.2, 0.25) is 0 Å². The van der Waals surface area contributed by atoms with Crippen LogP contribution in [-0.4, -0.2) is 13.9 Å². The second-order valence-electron chi connectivity index (χ2n) is 5.02. The molecule has 1 fully saturated rings. The highest BCUT2D eigenvalue weighted by atomic mass is 32.2. The fourth-order valence-electron chi connectivity index (χ4n) is 2.83. The number of rotatable bonds is 2. The van der Waals surface area contributed by atoms with E-state index in [1.165, 1.54) is 0 Å². The third-order valence-corrected chi connectivity index (χ3v) is 4.67. The second-order valence-corrected chi connectivity index (χ2v) is 6.55. The van der Waals surface area contributed by atoms with Gasteiger partial charge in [-0.25, -0.2) is 0 Å². The van der Waals surface area contributed by atoms with Crippen molar-refractivity contribution >= 4 is 10.1 Å². The topological polar surface area (TPSA) is 43.4 Å². The molecule has 1 saturated carbocycles. The van der Waals surface area contributed by atoms with Gasteiger partial charge in [0.25, 0.3) is 0 Å². The van der Waals surface area contributed by atoms with Crippen molar-refractivity contribution in [1.29, 1.82) is 0 Å². The molecule has 0 N–H and O–H groups in total. The minimum atomic E-state index is -5.51. The van der Waals surface area contributed by atoms with Gasteiger partial charge in [0.05, 0.1) is 0 Å². The van der Waals surface area contributed by atoms with Crippen molar-refractivity contribution in [3.8, 4) is 0 Å². The van der Waals surface area contributed by atoms with Gasteiger partial charge >= 0.3 is 15.6 Å². The average molecular weight is 284 g/mol. The Morgan fingerprint density at radius 2 is 1.67 bits per heavy atom. The van der Waals surface area contributed by atoms with Crippen LogP contribution in [0.15, 0.2) is 11.8 Å². The number of hydrogen-bond acceptors (Lipinski definition) is 3. The zero-order chi connectivity index (χ0) is 13.4. The van der Waals surface area contributed by atoms with Crippen LogP contribution >= 0.6 is 0 Å². The lowest BCUT2D eigenvalue weighted by Gasteiger charge is -2.30. The van der Waals surface area contributed by atoms with Gasteiger partial charge in [0, 0.05) is 6.42 Å². The average Bonchev–Trinajstić information content (AvgIpc) is 2.64. The van der Waals surface area contributed by atoms with Crippen molar-refractivity contribution in [2.45, 2.75) is 50.5 Å². The van der Waals surface area contributed by atoms with Crippen molar-refractivity contribution in [2.75, 3.05) is 0 Å². The molecule has 0 aromatic carbocycles. The quantitative estimate of drug-likeness (QED) is 0.576. The number of alkyl halides is 3. The van der Waals surface area contributed by atoms with Gasteiger partial charge in [-0.1, -0.05) is 12.8 Å². The Morgan fingerprint density at radius 3 is 2.22 bits per heavy atom. The molecule has 2 rings (SSSR count). The van der Waals surface area contributed by atoms with Gasteiger partial charge in [-0.05, 0) is 37.2 Å². The fraction of sp³-hybridized carbons (Fsp3) is 0.818. The van der Waals surface area contributed by atoms with E-state index in [4.69, 9.17) is 0 Å². The number of halogens is 3. The molecule has 0 bridgehead atoms. The van der Waals surface area contributed by atoms with Crippen LogP contribution in [-0.2, 0) is 14.3 Å². The monoisotopic (exact) mass is 284 g/mol. The third kappa shape index (κ3) is 2.65. The molecule has 0 heterocycles.